The van der Waals surface area contributed by atoms with Gasteiger partial charge in [-0.1, -0.05) is 36.2 Å². The van der Waals surface area contributed by atoms with Crippen molar-refractivity contribution in [2.75, 3.05) is 11.5 Å². The van der Waals surface area contributed by atoms with Gasteiger partial charge in [-0.05, 0) is 36.3 Å². The summed E-state index contributed by atoms with van der Waals surface area (Å²) < 4.78 is 0. The molecule has 22 heavy (non-hydrogen) atoms. The van der Waals surface area contributed by atoms with E-state index in [-0.39, 0.29) is 11.8 Å². The van der Waals surface area contributed by atoms with Crippen LogP contribution < -0.4 is 5.32 Å². The zero-order valence-corrected chi connectivity index (χ0v) is 14.4. The number of benzene rings is 1. The average molecular weight is 362 g/mol. The average Bonchev–Trinajstić information content (AvgIpc) is 2.91. The van der Waals surface area contributed by atoms with Crippen molar-refractivity contribution in [1.82, 2.24) is 5.32 Å². The minimum atomic E-state index is -1.14. The summed E-state index contributed by atoms with van der Waals surface area (Å²) in [6.07, 6.45) is 0.887. The molecule has 1 amide bonds. The number of carbonyl (C=O) groups is 2. The lowest BCUT2D eigenvalue weighted by Gasteiger charge is -2.26. The fourth-order valence-electron chi connectivity index (χ4n) is 2.35. The fraction of sp³-hybridized carbons (Fsp3) is 0.467. The van der Waals surface area contributed by atoms with Gasteiger partial charge in [0.15, 0.2) is 0 Å². The molecule has 2 N–H and O–H groups in total. The van der Waals surface area contributed by atoms with Gasteiger partial charge in [-0.2, -0.15) is 11.8 Å². The van der Waals surface area contributed by atoms with Gasteiger partial charge in [-0.15, -0.1) is 0 Å². The molecule has 120 valence electrons. The van der Waals surface area contributed by atoms with Crippen LogP contribution in [0.15, 0.2) is 18.2 Å². The normalized spacial score (nSPS) is 22.3. The summed E-state index contributed by atoms with van der Waals surface area (Å²) in [7, 11) is 0. The number of hydrogen-bond acceptors (Lipinski definition) is 3. The SMILES string of the molecule is CC(Cc1ccc(Cl)cc1Cl)C(=O)NC1(C(=O)O)CCSC1. The zero-order valence-electron chi connectivity index (χ0n) is 12.1. The predicted octanol–water partition coefficient (Wildman–Crippen LogP) is 3.25. The Morgan fingerprint density at radius 2 is 2.18 bits per heavy atom. The van der Waals surface area contributed by atoms with Crippen molar-refractivity contribution in [2.24, 2.45) is 5.92 Å². The Hall–Kier alpha value is -0.910. The fourth-order valence-corrected chi connectivity index (χ4v) is 4.17. The highest BCUT2D eigenvalue weighted by Crippen LogP contribution is 2.29. The van der Waals surface area contributed by atoms with E-state index in [9.17, 15) is 14.7 Å². The van der Waals surface area contributed by atoms with Crippen LogP contribution in [-0.2, 0) is 16.0 Å². The van der Waals surface area contributed by atoms with Crippen molar-refractivity contribution in [3.05, 3.63) is 33.8 Å². The molecule has 1 aromatic carbocycles. The van der Waals surface area contributed by atoms with E-state index in [0.29, 0.717) is 28.6 Å². The van der Waals surface area contributed by atoms with Gasteiger partial charge in [0, 0.05) is 21.7 Å². The molecule has 1 aliphatic rings. The number of carbonyl (C=O) groups excluding carboxylic acids is 1. The van der Waals surface area contributed by atoms with Crippen LogP contribution in [0.1, 0.15) is 18.9 Å². The summed E-state index contributed by atoms with van der Waals surface area (Å²) in [6, 6.07) is 5.14. The van der Waals surface area contributed by atoms with Crippen molar-refractivity contribution in [2.45, 2.75) is 25.3 Å². The van der Waals surface area contributed by atoms with Gasteiger partial charge in [-0.25, -0.2) is 4.79 Å². The van der Waals surface area contributed by atoms with Gasteiger partial charge in [0.25, 0.3) is 0 Å². The monoisotopic (exact) mass is 361 g/mol. The lowest BCUT2D eigenvalue weighted by Crippen LogP contribution is -2.56. The summed E-state index contributed by atoms with van der Waals surface area (Å²) in [4.78, 5) is 23.8. The maximum Gasteiger partial charge on any atom is 0.330 e. The molecular weight excluding hydrogens is 345 g/mol. The van der Waals surface area contributed by atoms with E-state index < -0.39 is 11.5 Å². The molecule has 0 radical (unpaired) electrons. The smallest absolute Gasteiger partial charge is 0.330 e. The van der Waals surface area contributed by atoms with E-state index >= 15 is 0 Å². The molecule has 0 aliphatic carbocycles. The molecule has 1 aromatic rings. The Morgan fingerprint density at radius 3 is 2.73 bits per heavy atom. The van der Waals surface area contributed by atoms with Crippen LogP contribution in [0.4, 0.5) is 0 Å². The number of carboxylic acids is 1. The Morgan fingerprint density at radius 1 is 1.45 bits per heavy atom. The van der Waals surface area contributed by atoms with E-state index in [1.54, 1.807) is 25.1 Å². The van der Waals surface area contributed by atoms with Crippen molar-refractivity contribution in [1.29, 1.82) is 0 Å². The van der Waals surface area contributed by atoms with E-state index in [0.717, 1.165) is 11.3 Å². The lowest BCUT2D eigenvalue weighted by atomic mass is 9.95. The summed E-state index contributed by atoms with van der Waals surface area (Å²) >= 11 is 13.5. The number of halogens is 2. The molecule has 1 saturated heterocycles. The second kappa shape index (κ2) is 7.11. The first-order valence-electron chi connectivity index (χ1n) is 6.91. The topological polar surface area (TPSA) is 66.4 Å². The van der Waals surface area contributed by atoms with Gasteiger partial charge in [0.1, 0.15) is 5.54 Å². The van der Waals surface area contributed by atoms with Crippen LogP contribution in [0.3, 0.4) is 0 Å². The first-order valence-corrected chi connectivity index (χ1v) is 8.82. The molecule has 2 rings (SSSR count). The van der Waals surface area contributed by atoms with Gasteiger partial charge in [0.2, 0.25) is 5.91 Å². The molecule has 7 heteroatoms. The summed E-state index contributed by atoms with van der Waals surface area (Å²) in [5.74, 6) is -0.467. The second-order valence-corrected chi connectivity index (χ2v) is 7.47. The largest absolute Gasteiger partial charge is 0.479 e. The molecule has 1 fully saturated rings. The van der Waals surface area contributed by atoms with E-state index in [2.05, 4.69) is 5.32 Å². The number of rotatable bonds is 5. The molecule has 0 bridgehead atoms. The summed E-state index contributed by atoms with van der Waals surface area (Å²) in [5.41, 5.74) is -0.321. The van der Waals surface area contributed by atoms with Gasteiger partial charge in [-0.3, -0.25) is 4.79 Å². The third-order valence-corrected chi connectivity index (χ3v) is 5.56. The van der Waals surface area contributed by atoms with Crippen molar-refractivity contribution in [3.63, 3.8) is 0 Å². The van der Waals surface area contributed by atoms with Crippen LogP contribution >= 0.6 is 35.0 Å². The highest BCUT2D eigenvalue weighted by Gasteiger charge is 2.43. The summed E-state index contributed by atoms with van der Waals surface area (Å²) in [6.45, 7) is 1.76. The number of nitrogens with one attached hydrogen (secondary N) is 1. The van der Waals surface area contributed by atoms with Gasteiger partial charge < -0.3 is 10.4 Å². The maximum absolute atomic E-state index is 12.3. The molecule has 0 saturated carbocycles. The van der Waals surface area contributed by atoms with E-state index in [4.69, 9.17) is 23.2 Å². The maximum atomic E-state index is 12.3. The van der Waals surface area contributed by atoms with Gasteiger partial charge in [0.05, 0.1) is 0 Å². The third kappa shape index (κ3) is 3.89. The van der Waals surface area contributed by atoms with Crippen LogP contribution in [0.25, 0.3) is 0 Å². The number of carboxylic acid groups (broad SMARTS) is 1. The Balaban J connectivity index is 2.04. The number of thioether (sulfide) groups is 1. The Labute approximate surface area is 143 Å². The lowest BCUT2D eigenvalue weighted by molar-refractivity contribution is -0.147. The number of aliphatic carboxylic acids is 1. The van der Waals surface area contributed by atoms with Crippen LogP contribution in [-0.4, -0.2) is 34.0 Å². The highest BCUT2D eigenvalue weighted by atomic mass is 35.5. The van der Waals surface area contributed by atoms with E-state index in [1.165, 1.54) is 11.8 Å². The third-order valence-electron chi connectivity index (χ3n) is 3.78. The first-order chi connectivity index (χ1) is 10.3. The van der Waals surface area contributed by atoms with E-state index in [1.807, 2.05) is 0 Å². The first kappa shape index (κ1) is 17.4. The Bertz CT molecular complexity index is 588. The van der Waals surface area contributed by atoms with Crippen LogP contribution in [0, 0.1) is 5.92 Å². The number of hydrogen-bond donors (Lipinski definition) is 2. The van der Waals surface area contributed by atoms with Gasteiger partial charge >= 0.3 is 5.97 Å². The van der Waals surface area contributed by atoms with Crippen LogP contribution in [0.5, 0.6) is 0 Å². The molecule has 1 heterocycles. The standard InChI is InChI=1S/C15H17Cl2NO3S/c1-9(6-10-2-3-11(16)7-12(10)17)13(19)18-15(14(20)21)4-5-22-8-15/h2-3,7,9H,4-6,8H2,1H3,(H,18,19)(H,20,21). The highest BCUT2D eigenvalue weighted by molar-refractivity contribution is 7.99. The molecule has 2 atom stereocenters. The quantitative estimate of drug-likeness (QED) is 0.844. The molecule has 1 aliphatic heterocycles. The minimum Gasteiger partial charge on any atom is -0.479 e. The molecule has 0 spiro atoms. The summed E-state index contributed by atoms with van der Waals surface area (Å²) in [5, 5.41) is 13.2. The van der Waals surface area contributed by atoms with Crippen LogP contribution in [0.2, 0.25) is 10.0 Å². The van der Waals surface area contributed by atoms with Crippen molar-refractivity contribution in [3.8, 4) is 0 Å². The molecule has 2 unspecified atom stereocenters. The van der Waals surface area contributed by atoms with Crippen molar-refractivity contribution >= 4 is 46.8 Å². The minimum absolute atomic E-state index is 0.268. The number of amides is 1. The predicted molar refractivity (Wildman–Crippen MR) is 89.8 cm³/mol. The zero-order chi connectivity index (χ0) is 16.3. The second-order valence-electron chi connectivity index (χ2n) is 5.52. The Kier molecular flexibility index (Phi) is 5.64. The molecular formula is C15H17Cl2NO3S. The molecule has 0 aromatic heterocycles. The molecule has 4 nitrogen and oxygen atoms in total. The van der Waals surface area contributed by atoms with Crippen molar-refractivity contribution < 1.29 is 14.7 Å².